The largest absolute Gasteiger partial charge is 0.365 e. The van der Waals surface area contributed by atoms with Crippen LogP contribution in [0.25, 0.3) is 0 Å². The average molecular weight is 523 g/mol. The molecule has 2 amide bonds. The Bertz CT molecular complexity index is 1130. The van der Waals surface area contributed by atoms with Gasteiger partial charge in [-0.1, -0.05) is 18.2 Å². The van der Waals surface area contributed by atoms with Crippen LogP contribution in [0.4, 0.5) is 5.69 Å². The molecule has 0 spiro atoms. The second-order valence-electron chi connectivity index (χ2n) is 11.4. The van der Waals surface area contributed by atoms with Crippen molar-refractivity contribution in [3.05, 3.63) is 41.5 Å². The minimum Gasteiger partial charge on any atom is -0.365 e. The van der Waals surface area contributed by atoms with Crippen molar-refractivity contribution in [3.63, 3.8) is 0 Å². The molecule has 6 heterocycles. The molecule has 4 N–H and O–H groups in total. The fraction of sp³-hybridized carbons (Fsp3) is 0.630. The molecule has 11 nitrogen and oxygen atoms in total. The molecule has 0 aliphatic carbocycles. The third-order valence-corrected chi connectivity index (χ3v) is 8.93. The molecule has 6 aliphatic heterocycles. The van der Waals surface area contributed by atoms with Gasteiger partial charge in [0.05, 0.1) is 30.9 Å². The number of carbonyl (C=O) groups excluding carboxylic acids is 2. The fourth-order valence-electron chi connectivity index (χ4n) is 6.96. The van der Waals surface area contributed by atoms with Gasteiger partial charge in [-0.3, -0.25) is 30.5 Å². The number of hydrogen-bond acceptors (Lipinski definition) is 9. The predicted octanol–water partition coefficient (Wildman–Crippen LogP) is -0.213. The number of amides is 2. The van der Waals surface area contributed by atoms with Crippen LogP contribution in [0.15, 0.2) is 30.4 Å². The lowest BCUT2D eigenvalue weighted by molar-refractivity contribution is -0.175. The van der Waals surface area contributed by atoms with E-state index < -0.39 is 0 Å². The number of fused-ring (bicyclic) bond motifs is 6. The summed E-state index contributed by atoms with van der Waals surface area (Å²) in [6.45, 7) is 3.99. The number of nitrogens with one attached hydrogen (secondary N) is 4. The molecule has 6 unspecified atom stereocenters. The summed E-state index contributed by atoms with van der Waals surface area (Å²) in [5.41, 5.74) is 3.87. The molecular formula is C27H38N8O3. The number of hydrazine groups is 1. The lowest BCUT2D eigenvalue weighted by Crippen LogP contribution is -2.72. The molecule has 38 heavy (non-hydrogen) atoms. The van der Waals surface area contributed by atoms with E-state index in [4.69, 9.17) is 4.74 Å². The zero-order chi connectivity index (χ0) is 25.8. The Morgan fingerprint density at radius 3 is 2.89 bits per heavy atom. The van der Waals surface area contributed by atoms with Gasteiger partial charge < -0.3 is 19.9 Å². The zero-order valence-electron chi connectivity index (χ0n) is 21.9. The summed E-state index contributed by atoms with van der Waals surface area (Å²) in [5, 5.41) is 18.6. The number of nitrogens with zero attached hydrogens (tertiary/aromatic N) is 4. The molecule has 0 radical (unpaired) electrons. The van der Waals surface area contributed by atoms with Crippen LogP contribution in [0.2, 0.25) is 0 Å². The standard InChI is InChI=1S/C27H38N8O3/c1-32-12-9-17-13-19(6-5-18(17)15-32)29-27-28-14-20-24(31-27)35-22-8-7-21-25(30-22)33(23(36)16-38-21)10-3-2-4-11-34(35)26(20)37/h2,4-6,13,20-22,24-25,27-31H,3,7-12,14-16H2,1H3/b4-2+. The number of rotatable bonds is 2. The SMILES string of the molecule is CN1CCc2cc(NC3NCC4C(=O)N5C/C=C/CCN6C(=O)COC7CCC(NC76)N5C4N3)ccc2C1. The van der Waals surface area contributed by atoms with Gasteiger partial charge in [-0.05, 0) is 56.0 Å². The van der Waals surface area contributed by atoms with Crippen LogP contribution in [0.5, 0.6) is 0 Å². The monoisotopic (exact) mass is 522 g/mol. The molecule has 11 heteroatoms. The first-order chi connectivity index (χ1) is 18.5. The molecule has 6 atom stereocenters. The quantitative estimate of drug-likeness (QED) is 0.393. The Hall–Kier alpha value is -2.54. The number of anilines is 1. The van der Waals surface area contributed by atoms with E-state index in [1.807, 2.05) is 9.91 Å². The Balaban J connectivity index is 1.12. The van der Waals surface area contributed by atoms with E-state index in [2.05, 4.69) is 68.6 Å². The van der Waals surface area contributed by atoms with E-state index in [0.29, 0.717) is 19.6 Å². The first-order valence-electron chi connectivity index (χ1n) is 14.0. The highest BCUT2D eigenvalue weighted by atomic mass is 16.5. The number of likely N-dealkylation sites (N-methyl/N-ethyl adjacent to an activating group) is 1. The van der Waals surface area contributed by atoms with E-state index in [1.165, 1.54) is 11.1 Å². The normalized spacial score (nSPS) is 36.7. The Labute approximate surface area is 223 Å². The molecule has 7 rings (SSSR count). The topological polar surface area (TPSA) is 104 Å². The van der Waals surface area contributed by atoms with Crippen LogP contribution in [-0.4, -0.2) is 102 Å². The van der Waals surface area contributed by atoms with Gasteiger partial charge in [0.15, 0.2) is 0 Å². The smallest absolute Gasteiger partial charge is 0.249 e. The van der Waals surface area contributed by atoms with Crippen molar-refractivity contribution in [1.29, 1.82) is 0 Å². The lowest BCUT2D eigenvalue weighted by atomic mass is 9.99. The van der Waals surface area contributed by atoms with Gasteiger partial charge in [0, 0.05) is 31.9 Å². The van der Waals surface area contributed by atoms with E-state index in [1.54, 1.807) is 0 Å². The van der Waals surface area contributed by atoms with Crippen LogP contribution in [0.3, 0.4) is 0 Å². The zero-order valence-corrected chi connectivity index (χ0v) is 21.9. The van der Waals surface area contributed by atoms with Crippen molar-refractivity contribution < 1.29 is 14.3 Å². The van der Waals surface area contributed by atoms with Crippen LogP contribution < -0.4 is 21.3 Å². The fourth-order valence-corrected chi connectivity index (χ4v) is 6.96. The molecule has 4 fully saturated rings. The molecule has 0 saturated carbocycles. The van der Waals surface area contributed by atoms with Crippen molar-refractivity contribution >= 4 is 17.5 Å². The van der Waals surface area contributed by atoms with E-state index >= 15 is 0 Å². The summed E-state index contributed by atoms with van der Waals surface area (Å²) < 4.78 is 5.91. The second-order valence-corrected chi connectivity index (χ2v) is 11.4. The van der Waals surface area contributed by atoms with E-state index in [-0.39, 0.29) is 55.2 Å². The molecule has 1 aromatic carbocycles. The highest BCUT2D eigenvalue weighted by molar-refractivity contribution is 5.82. The Kier molecular flexibility index (Phi) is 6.38. The van der Waals surface area contributed by atoms with Crippen molar-refractivity contribution in [3.8, 4) is 0 Å². The summed E-state index contributed by atoms with van der Waals surface area (Å²) >= 11 is 0. The van der Waals surface area contributed by atoms with Crippen LogP contribution in [0.1, 0.15) is 30.4 Å². The van der Waals surface area contributed by atoms with Gasteiger partial charge in [0.25, 0.3) is 0 Å². The predicted molar refractivity (Wildman–Crippen MR) is 141 cm³/mol. The van der Waals surface area contributed by atoms with Gasteiger partial charge in [-0.2, -0.15) is 5.01 Å². The van der Waals surface area contributed by atoms with Gasteiger partial charge >= 0.3 is 0 Å². The molecular weight excluding hydrogens is 484 g/mol. The number of hydrogen-bond donors (Lipinski definition) is 4. The van der Waals surface area contributed by atoms with Gasteiger partial charge in [0.2, 0.25) is 11.8 Å². The van der Waals surface area contributed by atoms with Crippen LogP contribution in [0, 0.1) is 5.92 Å². The number of ether oxygens (including phenoxy) is 1. The maximum absolute atomic E-state index is 13.6. The summed E-state index contributed by atoms with van der Waals surface area (Å²) in [7, 11) is 2.16. The first kappa shape index (κ1) is 24.5. The van der Waals surface area contributed by atoms with Crippen molar-refractivity contribution in [1.82, 2.24) is 35.8 Å². The molecule has 6 aliphatic rings. The number of morpholine rings is 1. The third kappa shape index (κ3) is 4.31. The Morgan fingerprint density at radius 1 is 1.05 bits per heavy atom. The average Bonchev–Trinajstić information content (AvgIpc) is 3.18. The summed E-state index contributed by atoms with van der Waals surface area (Å²) in [5.74, 6) is -0.0319. The van der Waals surface area contributed by atoms with Crippen molar-refractivity contribution in [2.75, 3.05) is 45.2 Å². The number of carbonyl (C=O) groups is 2. The van der Waals surface area contributed by atoms with Crippen molar-refractivity contribution in [2.45, 2.75) is 63.1 Å². The number of piperidine rings is 1. The van der Waals surface area contributed by atoms with E-state index in [9.17, 15) is 9.59 Å². The lowest BCUT2D eigenvalue weighted by Gasteiger charge is -2.50. The summed E-state index contributed by atoms with van der Waals surface area (Å²) in [4.78, 5) is 30.6. The van der Waals surface area contributed by atoms with Crippen LogP contribution >= 0.6 is 0 Å². The van der Waals surface area contributed by atoms with E-state index in [0.717, 1.165) is 44.5 Å². The molecule has 4 saturated heterocycles. The second kappa shape index (κ2) is 9.89. The van der Waals surface area contributed by atoms with Crippen LogP contribution in [-0.2, 0) is 27.3 Å². The van der Waals surface area contributed by atoms with Gasteiger partial charge in [-0.15, -0.1) is 0 Å². The maximum atomic E-state index is 13.6. The van der Waals surface area contributed by atoms with Crippen molar-refractivity contribution in [2.24, 2.45) is 5.92 Å². The minimum absolute atomic E-state index is 0.0181. The first-order valence-corrected chi connectivity index (χ1v) is 14.0. The molecule has 0 aromatic heterocycles. The summed E-state index contributed by atoms with van der Waals surface area (Å²) in [6.07, 6.45) is 7.05. The van der Waals surface area contributed by atoms with Gasteiger partial charge in [0.1, 0.15) is 19.1 Å². The maximum Gasteiger partial charge on any atom is 0.249 e. The molecule has 204 valence electrons. The highest BCUT2D eigenvalue weighted by Crippen LogP contribution is 2.34. The highest BCUT2D eigenvalue weighted by Gasteiger charge is 2.53. The Morgan fingerprint density at radius 2 is 1.97 bits per heavy atom. The summed E-state index contributed by atoms with van der Waals surface area (Å²) in [6, 6.07) is 6.64. The third-order valence-electron chi connectivity index (χ3n) is 8.93. The van der Waals surface area contributed by atoms with Gasteiger partial charge in [-0.25, -0.2) is 0 Å². The number of benzene rings is 1. The molecule has 1 aromatic rings. The molecule has 2 bridgehead atoms. The minimum atomic E-state index is -0.191.